The Morgan fingerprint density at radius 3 is 2.47 bits per heavy atom. The molecule has 1 rings (SSSR count). The molecule has 106 valence electrons. The zero-order chi connectivity index (χ0) is 14.7. The highest BCUT2D eigenvalue weighted by molar-refractivity contribution is 6.74. The van der Waals surface area contributed by atoms with E-state index in [1.807, 2.05) is 0 Å². The van der Waals surface area contributed by atoms with Crippen molar-refractivity contribution in [2.45, 2.75) is 58.2 Å². The van der Waals surface area contributed by atoms with E-state index in [1.54, 1.807) is 6.08 Å². The maximum atomic E-state index is 11.5. The van der Waals surface area contributed by atoms with Crippen molar-refractivity contribution in [2.75, 3.05) is 6.61 Å². The van der Waals surface area contributed by atoms with Crippen molar-refractivity contribution in [3.05, 3.63) is 12.7 Å². The van der Waals surface area contributed by atoms with Crippen LogP contribution in [0.2, 0.25) is 18.1 Å². The summed E-state index contributed by atoms with van der Waals surface area (Å²) in [6.07, 6.45) is 3.85. The molecule has 3 heteroatoms. The van der Waals surface area contributed by atoms with Gasteiger partial charge in [-0.1, -0.05) is 38.7 Å². The molecular weight excluding hydrogens is 252 g/mol. The first kappa shape index (κ1) is 16.2. The van der Waals surface area contributed by atoms with Crippen LogP contribution in [-0.2, 0) is 9.22 Å². The van der Waals surface area contributed by atoms with Crippen molar-refractivity contribution < 1.29 is 9.22 Å². The molecule has 0 N–H and O–H groups in total. The standard InChI is InChI=1S/C16H26O2Si/c1-7-16(12-10-14(16)17)11-8-9-13-18-19(5,6)15(2,3)4/h7H,1,9-10,12-13H2,2-6H3/t16-/m0/s1. The largest absolute Gasteiger partial charge is 0.416 e. The molecule has 1 aliphatic rings. The summed E-state index contributed by atoms with van der Waals surface area (Å²) < 4.78 is 6.05. The Hall–Kier alpha value is -0.853. The predicted octanol–water partition coefficient (Wildman–Crippen LogP) is 3.94. The third-order valence-electron chi connectivity index (χ3n) is 4.40. The molecule has 0 aromatic carbocycles. The number of ketones is 1. The zero-order valence-corrected chi connectivity index (χ0v) is 13.9. The molecule has 1 aliphatic carbocycles. The molecular formula is C16H26O2Si. The number of rotatable bonds is 4. The van der Waals surface area contributed by atoms with Crippen LogP contribution in [-0.4, -0.2) is 20.7 Å². The second-order valence-corrected chi connectivity index (χ2v) is 11.6. The smallest absolute Gasteiger partial charge is 0.192 e. The fourth-order valence-corrected chi connectivity index (χ4v) is 2.73. The second kappa shape index (κ2) is 5.64. The zero-order valence-electron chi connectivity index (χ0n) is 12.9. The van der Waals surface area contributed by atoms with Gasteiger partial charge in [-0.25, -0.2) is 0 Å². The highest BCUT2D eigenvalue weighted by Gasteiger charge is 2.41. The Bertz CT molecular complexity index is 420. The van der Waals surface area contributed by atoms with Crippen molar-refractivity contribution in [1.82, 2.24) is 0 Å². The molecule has 0 aromatic heterocycles. The van der Waals surface area contributed by atoms with E-state index in [1.165, 1.54) is 0 Å². The van der Waals surface area contributed by atoms with Crippen LogP contribution in [0.5, 0.6) is 0 Å². The highest BCUT2D eigenvalue weighted by Crippen LogP contribution is 2.38. The van der Waals surface area contributed by atoms with Crippen LogP contribution in [0.3, 0.4) is 0 Å². The average molecular weight is 278 g/mol. The van der Waals surface area contributed by atoms with E-state index >= 15 is 0 Å². The van der Waals surface area contributed by atoms with Gasteiger partial charge in [0.25, 0.3) is 0 Å². The van der Waals surface area contributed by atoms with Gasteiger partial charge in [0.05, 0.1) is 0 Å². The number of carbonyl (C=O) groups is 1. The van der Waals surface area contributed by atoms with Crippen LogP contribution in [0.25, 0.3) is 0 Å². The van der Waals surface area contributed by atoms with Crippen LogP contribution in [0.4, 0.5) is 0 Å². The van der Waals surface area contributed by atoms with Crippen LogP contribution in [0.15, 0.2) is 12.7 Å². The molecule has 1 fully saturated rings. The van der Waals surface area contributed by atoms with Crippen LogP contribution < -0.4 is 0 Å². The summed E-state index contributed by atoms with van der Waals surface area (Å²) in [4.78, 5) is 11.5. The van der Waals surface area contributed by atoms with E-state index in [9.17, 15) is 4.79 Å². The van der Waals surface area contributed by atoms with Crippen molar-refractivity contribution in [3.63, 3.8) is 0 Å². The van der Waals surface area contributed by atoms with Gasteiger partial charge in [-0.2, -0.15) is 0 Å². The van der Waals surface area contributed by atoms with E-state index in [-0.39, 0.29) is 10.8 Å². The third-order valence-corrected chi connectivity index (χ3v) is 8.94. The van der Waals surface area contributed by atoms with Gasteiger partial charge in [0.15, 0.2) is 14.1 Å². The minimum Gasteiger partial charge on any atom is -0.416 e. The molecule has 19 heavy (non-hydrogen) atoms. The van der Waals surface area contributed by atoms with Gasteiger partial charge in [-0.15, -0.1) is 6.58 Å². The molecule has 0 saturated heterocycles. The molecule has 2 nitrogen and oxygen atoms in total. The minimum atomic E-state index is -1.67. The summed E-state index contributed by atoms with van der Waals surface area (Å²) in [6, 6.07) is 0. The van der Waals surface area contributed by atoms with Crippen LogP contribution in [0, 0.1) is 17.3 Å². The number of hydrogen-bond acceptors (Lipinski definition) is 2. The Morgan fingerprint density at radius 2 is 2.11 bits per heavy atom. The van der Waals surface area contributed by atoms with Gasteiger partial charge < -0.3 is 4.43 Å². The molecule has 0 heterocycles. The van der Waals surface area contributed by atoms with E-state index in [0.717, 1.165) is 6.42 Å². The quantitative estimate of drug-likeness (QED) is 0.337. The van der Waals surface area contributed by atoms with E-state index < -0.39 is 13.7 Å². The minimum absolute atomic E-state index is 0.209. The molecule has 0 aromatic rings. The Balaban J connectivity index is 2.45. The maximum Gasteiger partial charge on any atom is 0.192 e. The fourth-order valence-electron chi connectivity index (χ4n) is 1.69. The molecule has 0 aliphatic heterocycles. The van der Waals surface area contributed by atoms with Gasteiger partial charge in [0.2, 0.25) is 0 Å². The molecule has 0 amide bonds. The Morgan fingerprint density at radius 1 is 1.47 bits per heavy atom. The summed E-state index contributed by atoms with van der Waals surface area (Å²) in [5.74, 6) is 6.37. The predicted molar refractivity (Wildman–Crippen MR) is 82.4 cm³/mol. The van der Waals surface area contributed by atoms with Crippen molar-refractivity contribution >= 4 is 14.1 Å². The normalized spacial score (nSPS) is 23.3. The highest BCUT2D eigenvalue weighted by atomic mass is 28.4. The lowest BCUT2D eigenvalue weighted by molar-refractivity contribution is -0.130. The van der Waals surface area contributed by atoms with Crippen LogP contribution >= 0.6 is 0 Å². The third kappa shape index (κ3) is 3.58. The van der Waals surface area contributed by atoms with Gasteiger partial charge in [0.1, 0.15) is 5.41 Å². The lowest BCUT2D eigenvalue weighted by Gasteiger charge is -2.36. The van der Waals surface area contributed by atoms with Crippen molar-refractivity contribution in [3.8, 4) is 11.8 Å². The lowest BCUT2D eigenvalue weighted by atomic mass is 9.68. The van der Waals surface area contributed by atoms with Gasteiger partial charge >= 0.3 is 0 Å². The molecule has 0 bridgehead atoms. The van der Waals surface area contributed by atoms with Gasteiger partial charge in [0, 0.05) is 19.4 Å². The molecule has 0 unspecified atom stereocenters. The molecule has 0 radical (unpaired) electrons. The second-order valence-electron chi connectivity index (χ2n) is 6.76. The van der Waals surface area contributed by atoms with Gasteiger partial charge in [-0.3, -0.25) is 4.79 Å². The van der Waals surface area contributed by atoms with Crippen LogP contribution in [0.1, 0.15) is 40.0 Å². The first-order chi connectivity index (χ1) is 8.65. The molecule has 1 atom stereocenters. The monoisotopic (exact) mass is 278 g/mol. The van der Waals surface area contributed by atoms with E-state index in [2.05, 4.69) is 52.3 Å². The first-order valence-electron chi connectivity index (χ1n) is 6.95. The summed E-state index contributed by atoms with van der Waals surface area (Å²) in [6.45, 7) is 15.5. The average Bonchev–Trinajstić information content (AvgIpc) is 2.30. The fraction of sp³-hybridized carbons (Fsp3) is 0.688. The number of carbonyl (C=O) groups excluding carboxylic acids is 1. The van der Waals surface area contributed by atoms with E-state index in [4.69, 9.17) is 4.43 Å². The SMILES string of the molecule is C=C[C@]1(C#CCCO[Si](C)(C)C(C)(C)C)CCC1=O. The van der Waals surface area contributed by atoms with Crippen molar-refractivity contribution in [1.29, 1.82) is 0 Å². The molecule has 0 spiro atoms. The number of hydrogen-bond donors (Lipinski definition) is 0. The number of allylic oxidation sites excluding steroid dienone is 1. The number of Topliss-reactive ketones (excluding diaryl/α,β-unsaturated/α-hetero) is 1. The summed E-state index contributed by atoms with van der Waals surface area (Å²) in [7, 11) is -1.67. The van der Waals surface area contributed by atoms with E-state index in [0.29, 0.717) is 19.4 Å². The Labute approximate surface area is 118 Å². The van der Waals surface area contributed by atoms with Gasteiger partial charge in [-0.05, 0) is 24.6 Å². The topological polar surface area (TPSA) is 26.3 Å². The molecule has 1 saturated carbocycles. The first-order valence-corrected chi connectivity index (χ1v) is 9.86. The summed E-state index contributed by atoms with van der Waals surface area (Å²) in [5.41, 5.74) is -0.545. The van der Waals surface area contributed by atoms with Crippen molar-refractivity contribution in [2.24, 2.45) is 5.41 Å². The maximum absolute atomic E-state index is 11.5. The lowest BCUT2D eigenvalue weighted by Crippen LogP contribution is -2.41. The summed E-state index contributed by atoms with van der Waals surface area (Å²) in [5, 5.41) is 0.229. The Kier molecular flexibility index (Phi) is 4.81. The summed E-state index contributed by atoms with van der Waals surface area (Å²) >= 11 is 0.